The van der Waals surface area contributed by atoms with Crippen LogP contribution in [0.2, 0.25) is 0 Å². The molecule has 108 valence electrons. The van der Waals surface area contributed by atoms with Gasteiger partial charge in [-0.05, 0) is 49.5 Å². The van der Waals surface area contributed by atoms with E-state index in [2.05, 4.69) is 55.3 Å². The molecule has 21 heavy (non-hydrogen) atoms. The van der Waals surface area contributed by atoms with Crippen LogP contribution in [0.5, 0.6) is 0 Å². The van der Waals surface area contributed by atoms with Crippen molar-refractivity contribution in [1.29, 1.82) is 0 Å². The molecule has 1 aliphatic rings. The van der Waals surface area contributed by atoms with Gasteiger partial charge >= 0.3 is 0 Å². The fourth-order valence-corrected chi connectivity index (χ4v) is 3.84. The predicted molar refractivity (Wildman–Crippen MR) is 91.1 cm³/mol. The van der Waals surface area contributed by atoms with E-state index in [0.717, 1.165) is 32.1 Å². The second-order valence-electron chi connectivity index (χ2n) is 5.39. The van der Waals surface area contributed by atoms with Crippen LogP contribution in [0.3, 0.4) is 0 Å². The molecule has 4 nitrogen and oxygen atoms in total. The normalized spacial score (nSPS) is 14.8. The molecule has 1 N–H and O–H groups in total. The monoisotopic (exact) mass is 362 g/mol. The molecular formula is C15H15BrN4S. The lowest BCUT2D eigenvalue weighted by Gasteiger charge is -2.08. The molecule has 1 aromatic carbocycles. The van der Waals surface area contributed by atoms with E-state index in [1.54, 1.807) is 0 Å². The minimum atomic E-state index is 0.579. The van der Waals surface area contributed by atoms with Gasteiger partial charge in [0.15, 0.2) is 0 Å². The van der Waals surface area contributed by atoms with Crippen LogP contribution < -0.4 is 5.32 Å². The van der Waals surface area contributed by atoms with E-state index in [4.69, 9.17) is 4.98 Å². The van der Waals surface area contributed by atoms with Crippen LogP contribution in [-0.4, -0.2) is 21.0 Å². The molecule has 0 aliphatic heterocycles. The van der Waals surface area contributed by atoms with E-state index in [9.17, 15) is 0 Å². The first kappa shape index (κ1) is 13.3. The van der Waals surface area contributed by atoms with Crippen molar-refractivity contribution in [3.05, 3.63) is 28.4 Å². The fraction of sp³-hybridized carbons (Fsp3) is 0.333. The number of halogens is 1. The van der Waals surface area contributed by atoms with Crippen LogP contribution in [0.1, 0.15) is 24.6 Å². The average Bonchev–Trinajstić information content (AvgIpc) is 3.14. The van der Waals surface area contributed by atoms with Crippen molar-refractivity contribution in [3.63, 3.8) is 0 Å². The molecule has 0 saturated heterocycles. The minimum Gasteiger partial charge on any atom is -0.378 e. The molecule has 0 unspecified atom stereocenters. The number of fused-ring (bicyclic) bond motifs is 1. The summed E-state index contributed by atoms with van der Waals surface area (Å²) in [4.78, 5) is 4.91. The van der Waals surface area contributed by atoms with E-state index < -0.39 is 0 Å². The summed E-state index contributed by atoms with van der Waals surface area (Å²) in [5.74, 6) is 1.04. The smallest absolute Gasteiger partial charge is 0.146 e. The van der Waals surface area contributed by atoms with Crippen molar-refractivity contribution in [3.8, 4) is 11.4 Å². The highest BCUT2D eigenvalue weighted by molar-refractivity contribution is 9.10. The highest BCUT2D eigenvalue weighted by atomic mass is 79.9. The molecule has 2 heterocycles. The van der Waals surface area contributed by atoms with E-state index in [1.807, 2.05) is 7.05 Å². The van der Waals surface area contributed by atoms with Gasteiger partial charge in [-0.2, -0.15) is 4.37 Å². The predicted octanol–water partition coefficient (Wildman–Crippen LogP) is 4.61. The van der Waals surface area contributed by atoms with Gasteiger partial charge in [-0.1, -0.05) is 15.9 Å². The molecule has 4 rings (SSSR count). The van der Waals surface area contributed by atoms with Crippen LogP contribution in [-0.2, 0) is 0 Å². The van der Waals surface area contributed by atoms with Crippen molar-refractivity contribution in [2.75, 3.05) is 12.4 Å². The molecule has 6 heteroatoms. The van der Waals surface area contributed by atoms with Gasteiger partial charge in [0, 0.05) is 17.6 Å². The zero-order valence-electron chi connectivity index (χ0n) is 11.9. The fourth-order valence-electron chi connectivity index (χ4n) is 2.75. The Balaban J connectivity index is 2.03. The Morgan fingerprint density at radius 1 is 1.38 bits per heavy atom. The molecule has 1 aliphatic carbocycles. The van der Waals surface area contributed by atoms with Crippen LogP contribution in [0, 0.1) is 6.92 Å². The Kier molecular flexibility index (Phi) is 3.04. The third-order valence-electron chi connectivity index (χ3n) is 3.88. The number of anilines is 1. The summed E-state index contributed by atoms with van der Waals surface area (Å²) >= 11 is 5.04. The Bertz CT molecular complexity index is 832. The first-order valence-corrected chi connectivity index (χ1v) is 8.57. The third kappa shape index (κ3) is 2.08. The molecule has 0 amide bonds. The highest BCUT2D eigenvalue weighted by Crippen LogP contribution is 2.44. The number of rotatable bonds is 3. The summed E-state index contributed by atoms with van der Waals surface area (Å²) in [5, 5.41) is 4.34. The number of hydrogen-bond donors (Lipinski definition) is 1. The molecule has 3 aromatic rings. The maximum absolute atomic E-state index is 4.91. The van der Waals surface area contributed by atoms with Gasteiger partial charge in [0.25, 0.3) is 0 Å². The van der Waals surface area contributed by atoms with Gasteiger partial charge < -0.3 is 9.88 Å². The van der Waals surface area contributed by atoms with E-state index >= 15 is 0 Å². The van der Waals surface area contributed by atoms with Gasteiger partial charge in [-0.15, -0.1) is 0 Å². The van der Waals surface area contributed by atoms with Crippen LogP contribution in [0.25, 0.3) is 22.4 Å². The van der Waals surface area contributed by atoms with E-state index in [1.165, 1.54) is 29.9 Å². The van der Waals surface area contributed by atoms with Gasteiger partial charge in [-0.25, -0.2) is 4.98 Å². The maximum Gasteiger partial charge on any atom is 0.146 e. The van der Waals surface area contributed by atoms with Crippen molar-refractivity contribution < 1.29 is 0 Å². The quantitative estimate of drug-likeness (QED) is 0.739. The molecule has 2 aromatic heterocycles. The van der Waals surface area contributed by atoms with Crippen molar-refractivity contribution in [2.45, 2.75) is 25.8 Å². The third-order valence-corrected chi connectivity index (χ3v) is 5.33. The number of aromatic nitrogens is 3. The van der Waals surface area contributed by atoms with Crippen LogP contribution in [0.15, 0.2) is 22.7 Å². The molecule has 0 radical (unpaired) electrons. The van der Waals surface area contributed by atoms with Crippen molar-refractivity contribution in [2.24, 2.45) is 0 Å². The number of imidazole rings is 1. The Morgan fingerprint density at radius 2 is 2.19 bits per heavy atom. The Hall–Kier alpha value is -1.40. The summed E-state index contributed by atoms with van der Waals surface area (Å²) in [7, 11) is 1.94. The van der Waals surface area contributed by atoms with Crippen molar-refractivity contribution in [1.82, 2.24) is 13.9 Å². The lowest BCUT2D eigenvalue weighted by atomic mass is 10.2. The number of nitrogens with zero attached hydrogens (tertiary/aromatic N) is 3. The molecule has 1 fully saturated rings. The molecule has 1 saturated carbocycles. The van der Waals surface area contributed by atoms with Gasteiger partial charge in [0.2, 0.25) is 0 Å². The molecular weight excluding hydrogens is 348 g/mol. The minimum absolute atomic E-state index is 0.579. The van der Waals surface area contributed by atoms with E-state index in [0.29, 0.717) is 6.04 Å². The van der Waals surface area contributed by atoms with E-state index in [-0.39, 0.29) is 0 Å². The number of nitrogens with one attached hydrogen (secondary N) is 1. The lowest BCUT2D eigenvalue weighted by Crippen LogP contribution is -1.99. The largest absolute Gasteiger partial charge is 0.378 e. The van der Waals surface area contributed by atoms with Gasteiger partial charge in [-0.3, -0.25) is 0 Å². The van der Waals surface area contributed by atoms with Crippen LogP contribution >= 0.6 is 27.5 Å². The second kappa shape index (κ2) is 4.81. The molecule has 0 spiro atoms. The zero-order chi connectivity index (χ0) is 14.6. The lowest BCUT2D eigenvalue weighted by molar-refractivity contribution is 0.775. The summed E-state index contributed by atoms with van der Waals surface area (Å²) in [6.45, 7) is 2.05. The summed E-state index contributed by atoms with van der Waals surface area (Å²) in [6.07, 6.45) is 2.47. The summed E-state index contributed by atoms with van der Waals surface area (Å²) in [6, 6.07) is 6.91. The Labute approximate surface area is 135 Å². The first-order chi connectivity index (χ1) is 10.2. The molecule has 0 bridgehead atoms. The number of aryl methyl sites for hydroxylation is 1. The van der Waals surface area contributed by atoms with Crippen molar-refractivity contribution >= 4 is 43.5 Å². The first-order valence-electron chi connectivity index (χ1n) is 7.01. The SMILES string of the molecule is CNc1snc(C)c1-c1nc2cc(Br)ccc2n1C1CC1. The summed E-state index contributed by atoms with van der Waals surface area (Å²) < 4.78 is 7.94. The van der Waals surface area contributed by atoms with Gasteiger partial charge in [0.05, 0.1) is 22.3 Å². The molecule has 0 atom stereocenters. The number of benzene rings is 1. The Morgan fingerprint density at radius 3 is 2.90 bits per heavy atom. The highest BCUT2D eigenvalue weighted by Gasteiger charge is 2.30. The average molecular weight is 363 g/mol. The van der Waals surface area contributed by atoms with Gasteiger partial charge in [0.1, 0.15) is 10.8 Å². The summed E-state index contributed by atoms with van der Waals surface area (Å²) in [5.41, 5.74) is 4.43. The maximum atomic E-state index is 4.91. The number of hydrogen-bond acceptors (Lipinski definition) is 4. The standard InChI is InChI=1S/C15H15BrN4S/c1-8-13(15(17-2)21-19-8)14-18-11-7-9(16)3-6-12(11)20(14)10-4-5-10/h3,6-7,10,17H,4-5H2,1-2H3. The van der Waals surface area contributed by atoms with Crippen LogP contribution in [0.4, 0.5) is 5.00 Å². The second-order valence-corrected chi connectivity index (χ2v) is 7.08. The topological polar surface area (TPSA) is 42.7 Å². The zero-order valence-corrected chi connectivity index (χ0v) is 14.3.